The Morgan fingerprint density at radius 1 is 1.67 bits per heavy atom. The first-order valence-corrected chi connectivity index (χ1v) is 5.61. The number of alkyl halides is 1. The van der Waals surface area contributed by atoms with Gasteiger partial charge < -0.3 is 9.84 Å². The molecule has 1 N–H and O–H groups in total. The lowest BCUT2D eigenvalue weighted by molar-refractivity contribution is -0.144. The lowest BCUT2D eigenvalue weighted by Crippen LogP contribution is -2.23. The molecule has 0 saturated carbocycles. The summed E-state index contributed by atoms with van der Waals surface area (Å²) in [6.45, 7) is 1.47. The molecule has 15 heavy (non-hydrogen) atoms. The zero-order valence-electron chi connectivity index (χ0n) is 8.04. The average Bonchev–Trinajstić information content (AvgIpc) is 2.20. The summed E-state index contributed by atoms with van der Waals surface area (Å²) in [4.78, 5) is 10.6. The van der Waals surface area contributed by atoms with Gasteiger partial charge in [-0.2, -0.15) is 0 Å². The molecule has 0 saturated heterocycles. The van der Waals surface area contributed by atoms with Crippen LogP contribution in [0.15, 0.2) is 22.7 Å². The molecule has 0 spiro atoms. The van der Waals surface area contributed by atoms with E-state index >= 15 is 0 Å². The van der Waals surface area contributed by atoms with Gasteiger partial charge in [-0.25, -0.2) is 4.79 Å². The van der Waals surface area contributed by atoms with Gasteiger partial charge in [0.05, 0.1) is 5.88 Å². The second-order valence-electron chi connectivity index (χ2n) is 2.98. The fraction of sp³-hybridized carbons (Fsp3) is 0.300. The van der Waals surface area contributed by atoms with Crippen LogP contribution in [0, 0.1) is 0 Å². The van der Waals surface area contributed by atoms with Crippen molar-refractivity contribution in [1.29, 1.82) is 0 Å². The van der Waals surface area contributed by atoms with Gasteiger partial charge in [-0.1, -0.05) is 15.9 Å². The second kappa shape index (κ2) is 5.37. The van der Waals surface area contributed by atoms with Gasteiger partial charge >= 0.3 is 5.97 Å². The Bertz CT molecular complexity index is 368. The normalized spacial score (nSPS) is 12.2. The van der Waals surface area contributed by atoms with Crippen LogP contribution in [0.5, 0.6) is 5.75 Å². The van der Waals surface area contributed by atoms with Crippen molar-refractivity contribution >= 4 is 33.5 Å². The van der Waals surface area contributed by atoms with Crippen LogP contribution in [0.4, 0.5) is 0 Å². The van der Waals surface area contributed by atoms with Gasteiger partial charge in [0.1, 0.15) is 5.75 Å². The van der Waals surface area contributed by atoms with E-state index in [1.165, 1.54) is 6.92 Å². The highest BCUT2D eigenvalue weighted by molar-refractivity contribution is 9.10. The van der Waals surface area contributed by atoms with Gasteiger partial charge in [-0.15, -0.1) is 11.6 Å². The van der Waals surface area contributed by atoms with Crippen molar-refractivity contribution < 1.29 is 14.6 Å². The number of carboxylic acids is 1. The van der Waals surface area contributed by atoms with Crippen LogP contribution in [0.3, 0.4) is 0 Å². The van der Waals surface area contributed by atoms with E-state index in [0.717, 1.165) is 10.0 Å². The van der Waals surface area contributed by atoms with Gasteiger partial charge in [0.25, 0.3) is 0 Å². The molecule has 1 unspecified atom stereocenters. The molecule has 0 aromatic heterocycles. The maximum Gasteiger partial charge on any atom is 0.344 e. The van der Waals surface area contributed by atoms with E-state index in [0.29, 0.717) is 5.75 Å². The van der Waals surface area contributed by atoms with Crippen LogP contribution in [0.25, 0.3) is 0 Å². The molecular formula is C10H10BrClO3. The zero-order chi connectivity index (χ0) is 11.4. The van der Waals surface area contributed by atoms with Crippen LogP contribution in [0.2, 0.25) is 0 Å². The van der Waals surface area contributed by atoms with Crippen LogP contribution in [0.1, 0.15) is 12.5 Å². The molecule has 0 aliphatic heterocycles. The molecule has 0 aliphatic rings. The molecule has 1 rings (SSSR count). The molecule has 0 bridgehead atoms. The van der Waals surface area contributed by atoms with E-state index in [1.807, 2.05) is 0 Å². The molecule has 0 aliphatic carbocycles. The summed E-state index contributed by atoms with van der Waals surface area (Å²) < 4.78 is 6.13. The molecule has 3 nitrogen and oxygen atoms in total. The Balaban J connectivity index is 2.89. The van der Waals surface area contributed by atoms with Crippen molar-refractivity contribution in [2.45, 2.75) is 18.9 Å². The van der Waals surface area contributed by atoms with Crippen molar-refractivity contribution in [2.75, 3.05) is 0 Å². The van der Waals surface area contributed by atoms with Crippen LogP contribution >= 0.6 is 27.5 Å². The first-order chi connectivity index (χ1) is 7.04. The fourth-order valence-corrected chi connectivity index (χ4v) is 1.63. The number of hydrogen-bond donors (Lipinski definition) is 1. The van der Waals surface area contributed by atoms with E-state index in [9.17, 15) is 4.79 Å². The standard InChI is InChI=1S/C10H10BrClO3/c1-6(10(13)14)15-9-3-2-8(11)4-7(9)5-12/h2-4,6H,5H2,1H3,(H,13,14). The topological polar surface area (TPSA) is 46.5 Å². The highest BCUT2D eigenvalue weighted by Crippen LogP contribution is 2.25. The van der Waals surface area contributed by atoms with Crippen molar-refractivity contribution in [3.63, 3.8) is 0 Å². The molecule has 0 heterocycles. The number of carbonyl (C=O) groups is 1. The second-order valence-corrected chi connectivity index (χ2v) is 4.17. The zero-order valence-corrected chi connectivity index (χ0v) is 10.4. The summed E-state index contributed by atoms with van der Waals surface area (Å²) in [5.74, 6) is -0.220. The maximum atomic E-state index is 10.6. The molecule has 82 valence electrons. The molecule has 0 fully saturated rings. The molecule has 5 heteroatoms. The SMILES string of the molecule is CC(Oc1ccc(Br)cc1CCl)C(=O)O. The van der Waals surface area contributed by atoms with Crippen molar-refractivity contribution in [1.82, 2.24) is 0 Å². The average molecular weight is 294 g/mol. The number of aliphatic carboxylic acids is 1. The molecule has 1 aromatic carbocycles. The van der Waals surface area contributed by atoms with E-state index in [2.05, 4.69) is 15.9 Å². The number of carboxylic acid groups (broad SMARTS) is 1. The maximum absolute atomic E-state index is 10.6. The van der Waals surface area contributed by atoms with E-state index in [1.54, 1.807) is 18.2 Å². The molecular weight excluding hydrogens is 283 g/mol. The lowest BCUT2D eigenvalue weighted by Gasteiger charge is -2.13. The minimum absolute atomic E-state index is 0.279. The number of benzene rings is 1. The number of halogens is 2. The predicted molar refractivity (Wildman–Crippen MR) is 61.4 cm³/mol. The van der Waals surface area contributed by atoms with Crippen molar-refractivity contribution in [3.8, 4) is 5.75 Å². The minimum atomic E-state index is -1.00. The summed E-state index contributed by atoms with van der Waals surface area (Å²) >= 11 is 9.02. The lowest BCUT2D eigenvalue weighted by atomic mass is 10.2. The number of hydrogen-bond acceptors (Lipinski definition) is 2. The Kier molecular flexibility index (Phi) is 4.42. The first kappa shape index (κ1) is 12.3. The minimum Gasteiger partial charge on any atom is -0.479 e. The largest absolute Gasteiger partial charge is 0.479 e. The van der Waals surface area contributed by atoms with Gasteiger partial charge in [-0.05, 0) is 25.1 Å². The monoisotopic (exact) mass is 292 g/mol. The van der Waals surface area contributed by atoms with Gasteiger partial charge in [0, 0.05) is 10.0 Å². The summed E-state index contributed by atoms with van der Waals surface area (Å²) in [5.41, 5.74) is 0.763. The summed E-state index contributed by atoms with van der Waals surface area (Å²) in [7, 11) is 0. The quantitative estimate of drug-likeness (QED) is 0.868. The Hall–Kier alpha value is -0.740. The Morgan fingerprint density at radius 3 is 2.87 bits per heavy atom. The summed E-state index contributed by atoms with van der Waals surface area (Å²) in [6, 6.07) is 5.28. The van der Waals surface area contributed by atoms with Gasteiger partial charge in [0.2, 0.25) is 0 Å². The highest BCUT2D eigenvalue weighted by atomic mass is 79.9. The highest BCUT2D eigenvalue weighted by Gasteiger charge is 2.14. The van der Waals surface area contributed by atoms with Crippen LogP contribution < -0.4 is 4.74 Å². The summed E-state index contributed by atoms with van der Waals surface area (Å²) in [6.07, 6.45) is -0.881. The number of rotatable bonds is 4. The van der Waals surface area contributed by atoms with Crippen LogP contribution in [-0.4, -0.2) is 17.2 Å². The van der Waals surface area contributed by atoms with E-state index in [4.69, 9.17) is 21.4 Å². The first-order valence-electron chi connectivity index (χ1n) is 4.28. The smallest absolute Gasteiger partial charge is 0.344 e. The van der Waals surface area contributed by atoms with E-state index in [-0.39, 0.29) is 5.88 Å². The molecule has 1 aromatic rings. The number of ether oxygens (including phenoxy) is 1. The van der Waals surface area contributed by atoms with E-state index < -0.39 is 12.1 Å². The van der Waals surface area contributed by atoms with Crippen molar-refractivity contribution in [3.05, 3.63) is 28.2 Å². The fourth-order valence-electron chi connectivity index (χ4n) is 1.01. The third-order valence-corrected chi connectivity index (χ3v) is 2.60. The molecule has 1 atom stereocenters. The Labute approximate surface area is 101 Å². The molecule has 0 amide bonds. The van der Waals surface area contributed by atoms with Crippen LogP contribution in [-0.2, 0) is 10.7 Å². The Morgan fingerprint density at radius 2 is 2.33 bits per heavy atom. The third kappa shape index (κ3) is 3.39. The molecule has 0 radical (unpaired) electrons. The third-order valence-electron chi connectivity index (χ3n) is 1.82. The summed E-state index contributed by atoms with van der Waals surface area (Å²) in [5, 5.41) is 8.69. The van der Waals surface area contributed by atoms with Crippen molar-refractivity contribution in [2.24, 2.45) is 0 Å². The predicted octanol–water partition coefficient (Wildman–Crippen LogP) is 3.04. The van der Waals surface area contributed by atoms with Gasteiger partial charge in [-0.3, -0.25) is 0 Å². The van der Waals surface area contributed by atoms with Gasteiger partial charge in [0.15, 0.2) is 6.10 Å².